The van der Waals surface area contributed by atoms with Gasteiger partial charge in [0.2, 0.25) is 0 Å². The van der Waals surface area contributed by atoms with Crippen LogP contribution in [0.3, 0.4) is 0 Å². The highest BCUT2D eigenvalue weighted by Crippen LogP contribution is 2.20. The third-order valence-electron chi connectivity index (χ3n) is 3.04. The highest BCUT2D eigenvalue weighted by atomic mass is 16.5. The number of hydrogen-bond acceptors (Lipinski definition) is 5. The van der Waals surface area contributed by atoms with Gasteiger partial charge < -0.3 is 14.1 Å². The minimum Gasteiger partial charge on any atom is -0.467 e. The van der Waals surface area contributed by atoms with Gasteiger partial charge in [0, 0.05) is 6.54 Å². The molecule has 2 heterocycles. The van der Waals surface area contributed by atoms with Crippen LogP contribution < -0.4 is 0 Å². The first-order chi connectivity index (χ1) is 8.63. The Morgan fingerprint density at radius 1 is 1.50 bits per heavy atom. The molecule has 0 bridgehead atoms. The predicted octanol–water partition coefficient (Wildman–Crippen LogP) is 1.15. The van der Waals surface area contributed by atoms with Gasteiger partial charge >= 0.3 is 11.9 Å². The summed E-state index contributed by atoms with van der Waals surface area (Å²) >= 11 is 0. The lowest BCUT2D eigenvalue weighted by atomic mass is 10.0. The van der Waals surface area contributed by atoms with Crippen molar-refractivity contribution in [2.24, 2.45) is 0 Å². The van der Waals surface area contributed by atoms with Crippen molar-refractivity contribution in [2.75, 3.05) is 13.7 Å². The average molecular weight is 252 g/mol. The molecule has 98 valence electrons. The molecule has 1 saturated heterocycles. The quantitative estimate of drug-likeness (QED) is 0.738. The van der Waals surface area contributed by atoms with Crippen LogP contribution in [0.5, 0.6) is 0 Å². The fourth-order valence-corrected chi connectivity index (χ4v) is 2.13. The first-order valence-electron chi connectivity index (χ1n) is 5.94. The van der Waals surface area contributed by atoms with Crippen LogP contribution in [0.1, 0.15) is 35.7 Å². The lowest BCUT2D eigenvalue weighted by molar-refractivity contribution is -0.147. The Balaban J connectivity index is 2.18. The first-order valence-corrected chi connectivity index (χ1v) is 5.94. The summed E-state index contributed by atoms with van der Waals surface area (Å²) in [6.07, 6.45) is 3.90. The zero-order chi connectivity index (χ0) is 13.1. The number of aryl methyl sites for hydroxylation is 1. The van der Waals surface area contributed by atoms with Gasteiger partial charge in [0.05, 0.1) is 13.3 Å². The Bertz CT molecular complexity index is 455. The zero-order valence-corrected chi connectivity index (χ0v) is 10.5. The zero-order valence-electron chi connectivity index (χ0n) is 10.5. The molecule has 0 spiro atoms. The summed E-state index contributed by atoms with van der Waals surface area (Å²) in [4.78, 5) is 29.2. The molecule has 1 atom stereocenters. The Hall–Kier alpha value is -1.85. The van der Waals surface area contributed by atoms with Crippen LogP contribution >= 0.6 is 0 Å². The van der Waals surface area contributed by atoms with Gasteiger partial charge in [0.25, 0.3) is 5.89 Å². The molecule has 1 aliphatic heterocycles. The van der Waals surface area contributed by atoms with E-state index in [9.17, 15) is 9.59 Å². The van der Waals surface area contributed by atoms with Gasteiger partial charge in [0.15, 0.2) is 0 Å². The molecule has 1 aromatic rings. The summed E-state index contributed by atoms with van der Waals surface area (Å²) in [7, 11) is 1.33. The number of ether oxygens (including phenoxy) is 1. The van der Waals surface area contributed by atoms with Crippen LogP contribution in [-0.2, 0) is 9.53 Å². The number of amides is 1. The second-order valence-electron chi connectivity index (χ2n) is 4.31. The molecule has 6 nitrogen and oxygen atoms in total. The summed E-state index contributed by atoms with van der Waals surface area (Å²) in [5.74, 6) is -0.127. The van der Waals surface area contributed by atoms with Gasteiger partial charge in [-0.15, -0.1) is 0 Å². The Kier molecular flexibility index (Phi) is 3.64. The van der Waals surface area contributed by atoms with Crippen molar-refractivity contribution >= 4 is 11.9 Å². The van der Waals surface area contributed by atoms with E-state index < -0.39 is 6.04 Å². The maximum absolute atomic E-state index is 12.2. The molecule has 2 rings (SSSR count). The molecule has 0 N–H and O–H groups in total. The summed E-state index contributed by atoms with van der Waals surface area (Å²) < 4.78 is 9.93. The standard InChI is InChI=1S/C12H16N2O4/c1-8-7-13-10(18-8)11(15)14-6-4-3-5-9(14)12(16)17-2/h7,9H,3-6H2,1-2H3. The van der Waals surface area contributed by atoms with Crippen molar-refractivity contribution < 1.29 is 18.7 Å². The van der Waals surface area contributed by atoms with Crippen LogP contribution in [0.25, 0.3) is 0 Å². The summed E-state index contributed by atoms with van der Waals surface area (Å²) in [5.41, 5.74) is 0. The van der Waals surface area contributed by atoms with Gasteiger partial charge in [-0.1, -0.05) is 0 Å². The highest BCUT2D eigenvalue weighted by molar-refractivity contribution is 5.93. The topological polar surface area (TPSA) is 72.6 Å². The van der Waals surface area contributed by atoms with Crippen molar-refractivity contribution in [1.82, 2.24) is 9.88 Å². The number of piperidine rings is 1. The Labute approximate surface area is 105 Å². The van der Waals surface area contributed by atoms with Crippen LogP contribution in [0, 0.1) is 6.92 Å². The van der Waals surface area contributed by atoms with Crippen molar-refractivity contribution in [3.8, 4) is 0 Å². The molecule has 0 aromatic carbocycles. The van der Waals surface area contributed by atoms with Crippen LogP contribution in [0.2, 0.25) is 0 Å². The summed E-state index contributed by atoms with van der Waals surface area (Å²) in [6.45, 7) is 2.25. The van der Waals surface area contributed by atoms with Gasteiger partial charge in [-0.05, 0) is 26.2 Å². The molecule has 1 aromatic heterocycles. The average Bonchev–Trinajstić information content (AvgIpc) is 2.83. The maximum Gasteiger partial charge on any atom is 0.328 e. The molecule has 18 heavy (non-hydrogen) atoms. The minimum atomic E-state index is -0.525. The van der Waals surface area contributed by atoms with Gasteiger partial charge in [0.1, 0.15) is 11.8 Å². The van der Waals surface area contributed by atoms with E-state index in [0.29, 0.717) is 18.7 Å². The molecule has 0 radical (unpaired) electrons. The van der Waals surface area contributed by atoms with E-state index in [1.165, 1.54) is 18.2 Å². The highest BCUT2D eigenvalue weighted by Gasteiger charge is 2.35. The van der Waals surface area contributed by atoms with E-state index in [-0.39, 0.29) is 17.8 Å². The van der Waals surface area contributed by atoms with E-state index in [0.717, 1.165) is 12.8 Å². The second kappa shape index (κ2) is 5.20. The largest absolute Gasteiger partial charge is 0.467 e. The van der Waals surface area contributed by atoms with E-state index in [1.54, 1.807) is 6.92 Å². The number of oxazole rings is 1. The van der Waals surface area contributed by atoms with Crippen LogP contribution in [0.15, 0.2) is 10.6 Å². The first kappa shape index (κ1) is 12.6. The van der Waals surface area contributed by atoms with E-state index in [4.69, 9.17) is 9.15 Å². The molecule has 0 saturated carbocycles. The number of methoxy groups -OCH3 is 1. The van der Waals surface area contributed by atoms with Crippen molar-refractivity contribution in [1.29, 1.82) is 0 Å². The number of carbonyl (C=O) groups excluding carboxylic acids is 2. The Morgan fingerprint density at radius 3 is 2.89 bits per heavy atom. The fourth-order valence-electron chi connectivity index (χ4n) is 2.13. The number of aromatic nitrogens is 1. The van der Waals surface area contributed by atoms with Gasteiger partial charge in [-0.25, -0.2) is 9.78 Å². The molecule has 1 fully saturated rings. The third kappa shape index (κ3) is 2.37. The molecular formula is C12H16N2O4. The van der Waals surface area contributed by atoms with Crippen LogP contribution in [0.4, 0.5) is 0 Å². The molecule has 6 heteroatoms. The number of esters is 1. The number of carbonyl (C=O) groups is 2. The molecule has 0 aliphatic carbocycles. The lowest BCUT2D eigenvalue weighted by Gasteiger charge is -2.32. The lowest BCUT2D eigenvalue weighted by Crippen LogP contribution is -2.48. The SMILES string of the molecule is COC(=O)C1CCCCN1C(=O)c1ncc(C)o1. The smallest absolute Gasteiger partial charge is 0.328 e. The second-order valence-corrected chi connectivity index (χ2v) is 4.31. The molecular weight excluding hydrogens is 236 g/mol. The normalized spacial score (nSPS) is 19.7. The fraction of sp³-hybridized carbons (Fsp3) is 0.583. The number of rotatable bonds is 2. The minimum absolute atomic E-state index is 0.0308. The van der Waals surface area contributed by atoms with Crippen molar-refractivity contribution in [2.45, 2.75) is 32.2 Å². The van der Waals surface area contributed by atoms with Gasteiger partial charge in [-0.3, -0.25) is 4.79 Å². The summed E-state index contributed by atoms with van der Waals surface area (Å²) in [5, 5.41) is 0. The van der Waals surface area contributed by atoms with Crippen molar-refractivity contribution in [3.05, 3.63) is 17.8 Å². The van der Waals surface area contributed by atoms with Crippen molar-refractivity contribution in [3.63, 3.8) is 0 Å². The monoisotopic (exact) mass is 252 g/mol. The maximum atomic E-state index is 12.2. The van der Waals surface area contributed by atoms with E-state index in [1.807, 2.05) is 0 Å². The van der Waals surface area contributed by atoms with Gasteiger partial charge in [-0.2, -0.15) is 0 Å². The number of likely N-dealkylation sites (tertiary alicyclic amines) is 1. The number of nitrogens with zero attached hydrogens (tertiary/aromatic N) is 2. The number of hydrogen-bond donors (Lipinski definition) is 0. The van der Waals surface area contributed by atoms with Crippen LogP contribution in [-0.4, -0.2) is 41.5 Å². The van der Waals surface area contributed by atoms with E-state index in [2.05, 4.69) is 4.98 Å². The Morgan fingerprint density at radius 2 is 2.28 bits per heavy atom. The molecule has 1 unspecified atom stereocenters. The molecule has 1 aliphatic rings. The third-order valence-corrected chi connectivity index (χ3v) is 3.04. The molecule has 1 amide bonds. The summed E-state index contributed by atoms with van der Waals surface area (Å²) in [6, 6.07) is -0.525. The predicted molar refractivity (Wildman–Crippen MR) is 61.9 cm³/mol. The van der Waals surface area contributed by atoms with E-state index >= 15 is 0 Å².